The number of carbonyl (C=O) groups excluding carboxylic acids is 1. The minimum Gasteiger partial charge on any atom is -0.378 e. The van der Waals surface area contributed by atoms with E-state index >= 15 is 0 Å². The highest BCUT2D eigenvalue weighted by molar-refractivity contribution is 6.30. The number of hydrogen-bond donors (Lipinski definition) is 0. The van der Waals surface area contributed by atoms with E-state index in [1.54, 1.807) is 28.6 Å². The van der Waals surface area contributed by atoms with E-state index in [-0.39, 0.29) is 18.0 Å². The first-order valence-electron chi connectivity index (χ1n) is 10.3. The van der Waals surface area contributed by atoms with E-state index in [4.69, 9.17) is 21.4 Å². The number of aromatic nitrogens is 5. The van der Waals surface area contributed by atoms with Crippen LogP contribution in [0.5, 0.6) is 0 Å². The van der Waals surface area contributed by atoms with Crippen molar-refractivity contribution in [1.29, 1.82) is 0 Å². The van der Waals surface area contributed by atoms with E-state index < -0.39 is 0 Å². The lowest BCUT2D eigenvalue weighted by molar-refractivity contribution is -0.136. The van der Waals surface area contributed by atoms with Gasteiger partial charge in [-0.05, 0) is 43.3 Å². The van der Waals surface area contributed by atoms with E-state index in [0.29, 0.717) is 53.7 Å². The molecule has 0 saturated carbocycles. The van der Waals surface area contributed by atoms with Crippen LogP contribution in [0.15, 0.2) is 53.6 Å². The zero-order valence-electron chi connectivity index (χ0n) is 17.4. The van der Waals surface area contributed by atoms with Gasteiger partial charge in [0.2, 0.25) is 5.91 Å². The number of rotatable bonds is 4. The van der Waals surface area contributed by atoms with Gasteiger partial charge in [-0.1, -0.05) is 11.6 Å². The van der Waals surface area contributed by atoms with Gasteiger partial charge in [-0.25, -0.2) is 9.36 Å². The Bertz CT molecular complexity index is 1340. The van der Waals surface area contributed by atoms with Crippen LogP contribution in [-0.2, 0) is 16.1 Å². The SMILES string of the molecule is Cc1nn(CC(=O)N2CCOCC2)c(=O)c2c(-n3cccc3)n(-c3ccc(Cl)cc3)nc12. The molecule has 1 saturated heterocycles. The first-order valence-corrected chi connectivity index (χ1v) is 10.7. The predicted molar refractivity (Wildman–Crippen MR) is 120 cm³/mol. The van der Waals surface area contributed by atoms with Crippen molar-refractivity contribution in [1.82, 2.24) is 29.0 Å². The van der Waals surface area contributed by atoms with Crippen LogP contribution in [0.2, 0.25) is 5.02 Å². The summed E-state index contributed by atoms with van der Waals surface area (Å²) in [4.78, 5) is 28.0. The van der Waals surface area contributed by atoms with Gasteiger partial charge in [-0.3, -0.25) is 9.59 Å². The summed E-state index contributed by atoms with van der Waals surface area (Å²) in [7, 11) is 0. The number of amides is 1. The molecule has 0 N–H and O–H groups in total. The molecule has 0 aliphatic carbocycles. The molecule has 5 rings (SSSR count). The fourth-order valence-corrected chi connectivity index (χ4v) is 4.01. The Morgan fingerprint density at radius 2 is 1.78 bits per heavy atom. The van der Waals surface area contributed by atoms with Gasteiger partial charge in [0.25, 0.3) is 5.56 Å². The quantitative estimate of drug-likeness (QED) is 0.473. The number of aryl methyl sites for hydroxylation is 1. The van der Waals surface area contributed by atoms with Crippen molar-refractivity contribution in [2.45, 2.75) is 13.5 Å². The van der Waals surface area contributed by atoms with Gasteiger partial charge in [0, 0.05) is 30.5 Å². The summed E-state index contributed by atoms with van der Waals surface area (Å²) < 4.78 is 10.1. The van der Waals surface area contributed by atoms with Crippen LogP contribution in [0.4, 0.5) is 0 Å². The maximum Gasteiger partial charge on any atom is 0.280 e. The molecule has 1 fully saturated rings. The van der Waals surface area contributed by atoms with Crippen molar-refractivity contribution in [2.75, 3.05) is 26.3 Å². The van der Waals surface area contributed by atoms with Crippen molar-refractivity contribution >= 4 is 28.4 Å². The van der Waals surface area contributed by atoms with Gasteiger partial charge in [0.05, 0.1) is 24.6 Å². The molecule has 32 heavy (non-hydrogen) atoms. The highest BCUT2D eigenvalue weighted by Gasteiger charge is 2.24. The molecule has 4 aromatic rings. The van der Waals surface area contributed by atoms with Gasteiger partial charge < -0.3 is 14.2 Å². The fourth-order valence-electron chi connectivity index (χ4n) is 3.89. The largest absolute Gasteiger partial charge is 0.378 e. The molecule has 1 aliphatic heterocycles. The Labute approximate surface area is 188 Å². The highest BCUT2D eigenvalue weighted by Crippen LogP contribution is 2.25. The van der Waals surface area contributed by atoms with Gasteiger partial charge >= 0.3 is 0 Å². The van der Waals surface area contributed by atoms with Crippen LogP contribution in [0, 0.1) is 6.92 Å². The number of carbonyl (C=O) groups is 1. The zero-order valence-corrected chi connectivity index (χ0v) is 18.2. The summed E-state index contributed by atoms with van der Waals surface area (Å²) in [5.74, 6) is 0.421. The third-order valence-corrected chi connectivity index (χ3v) is 5.74. The number of halogens is 1. The number of morpholine rings is 1. The molecule has 0 radical (unpaired) electrons. The monoisotopic (exact) mass is 452 g/mol. The molecule has 0 atom stereocenters. The Kier molecular flexibility index (Phi) is 5.28. The predicted octanol–water partition coefficient (Wildman–Crippen LogP) is 2.19. The van der Waals surface area contributed by atoms with Crippen LogP contribution in [-0.4, -0.2) is 61.2 Å². The lowest BCUT2D eigenvalue weighted by Gasteiger charge is -2.26. The Morgan fingerprint density at radius 3 is 2.47 bits per heavy atom. The average Bonchev–Trinajstić information content (AvgIpc) is 3.46. The van der Waals surface area contributed by atoms with Crippen LogP contribution >= 0.6 is 11.6 Å². The Balaban J connectivity index is 1.67. The lowest BCUT2D eigenvalue weighted by Crippen LogP contribution is -2.43. The normalized spacial score (nSPS) is 14.2. The summed E-state index contributed by atoms with van der Waals surface area (Å²) in [6.07, 6.45) is 3.70. The van der Waals surface area contributed by atoms with Crippen molar-refractivity contribution in [2.24, 2.45) is 0 Å². The second-order valence-electron chi connectivity index (χ2n) is 7.57. The summed E-state index contributed by atoms with van der Waals surface area (Å²) in [5, 5.41) is 10.1. The molecule has 9 nitrogen and oxygen atoms in total. The molecule has 4 heterocycles. The molecule has 0 bridgehead atoms. The molecule has 0 unspecified atom stereocenters. The van der Waals surface area contributed by atoms with Gasteiger partial charge in [0.15, 0.2) is 5.82 Å². The molecular weight excluding hydrogens is 432 g/mol. The number of ether oxygens (including phenoxy) is 1. The lowest BCUT2D eigenvalue weighted by atomic mass is 10.2. The fraction of sp³-hybridized carbons (Fsp3) is 0.273. The Morgan fingerprint density at radius 1 is 1.09 bits per heavy atom. The van der Waals surface area contributed by atoms with E-state index in [0.717, 1.165) is 5.69 Å². The van der Waals surface area contributed by atoms with E-state index in [9.17, 15) is 9.59 Å². The third kappa shape index (κ3) is 3.59. The summed E-state index contributed by atoms with van der Waals surface area (Å²) in [6, 6.07) is 11.0. The van der Waals surface area contributed by atoms with E-state index in [1.807, 2.05) is 41.2 Å². The first-order chi connectivity index (χ1) is 15.5. The summed E-state index contributed by atoms with van der Waals surface area (Å²) in [6.45, 7) is 3.67. The standard InChI is InChI=1S/C22H21ClN6O3/c1-15-20-19(22(31)28(24-15)14-18(30)26-10-12-32-13-11-26)21(27-8-2-3-9-27)29(25-20)17-6-4-16(23)5-7-17/h2-9H,10-14H2,1H3. The van der Waals surface area contributed by atoms with Crippen LogP contribution in [0.25, 0.3) is 22.4 Å². The maximum atomic E-state index is 13.5. The van der Waals surface area contributed by atoms with E-state index in [1.165, 1.54) is 4.68 Å². The molecule has 10 heteroatoms. The molecule has 164 valence electrons. The smallest absolute Gasteiger partial charge is 0.280 e. The minimum absolute atomic E-state index is 0.132. The first kappa shape index (κ1) is 20.5. The van der Waals surface area contributed by atoms with Crippen molar-refractivity contribution in [3.8, 4) is 11.5 Å². The summed E-state index contributed by atoms with van der Waals surface area (Å²) in [5.41, 5.74) is 1.44. The highest BCUT2D eigenvalue weighted by atomic mass is 35.5. The molecule has 3 aromatic heterocycles. The van der Waals surface area contributed by atoms with Crippen molar-refractivity contribution in [3.05, 3.63) is 69.9 Å². The van der Waals surface area contributed by atoms with Crippen LogP contribution in [0.1, 0.15) is 5.69 Å². The Hall–Kier alpha value is -3.43. The molecule has 0 spiro atoms. The molecule has 1 amide bonds. The summed E-state index contributed by atoms with van der Waals surface area (Å²) >= 11 is 6.06. The topological polar surface area (TPSA) is 87.2 Å². The number of fused-ring (bicyclic) bond motifs is 1. The van der Waals surface area contributed by atoms with Crippen molar-refractivity contribution in [3.63, 3.8) is 0 Å². The average molecular weight is 453 g/mol. The van der Waals surface area contributed by atoms with Crippen molar-refractivity contribution < 1.29 is 9.53 Å². The second-order valence-corrected chi connectivity index (χ2v) is 8.00. The van der Waals surface area contributed by atoms with Gasteiger partial charge in [-0.2, -0.15) is 10.2 Å². The maximum absolute atomic E-state index is 13.5. The number of hydrogen-bond acceptors (Lipinski definition) is 5. The molecule has 1 aromatic carbocycles. The van der Waals surface area contributed by atoms with Gasteiger partial charge in [0.1, 0.15) is 17.4 Å². The van der Waals surface area contributed by atoms with Crippen LogP contribution < -0.4 is 5.56 Å². The molecular formula is C22H21ClN6O3. The minimum atomic E-state index is -0.365. The van der Waals surface area contributed by atoms with E-state index in [2.05, 4.69) is 5.10 Å². The third-order valence-electron chi connectivity index (χ3n) is 5.49. The van der Waals surface area contributed by atoms with Crippen LogP contribution in [0.3, 0.4) is 0 Å². The van der Waals surface area contributed by atoms with Gasteiger partial charge in [-0.15, -0.1) is 0 Å². The molecule has 1 aliphatic rings. The number of benzene rings is 1. The zero-order chi connectivity index (χ0) is 22.2. The number of nitrogens with zero attached hydrogens (tertiary/aromatic N) is 6. The second kappa shape index (κ2) is 8.25.